The SMILES string of the molecule is N#COc1ccc(O)c(C#N)c1. The minimum atomic E-state index is -0.122. The van der Waals surface area contributed by atoms with Gasteiger partial charge in [-0.3, -0.25) is 0 Å². The van der Waals surface area contributed by atoms with Crippen molar-refractivity contribution in [1.82, 2.24) is 0 Å². The van der Waals surface area contributed by atoms with Crippen molar-refractivity contribution in [3.63, 3.8) is 0 Å². The topological polar surface area (TPSA) is 77.0 Å². The number of ether oxygens (including phenoxy) is 1. The molecule has 0 heterocycles. The summed E-state index contributed by atoms with van der Waals surface area (Å²) in [6.07, 6.45) is 1.46. The summed E-state index contributed by atoms with van der Waals surface area (Å²) in [7, 11) is 0. The second-order valence-electron chi connectivity index (χ2n) is 1.98. The average Bonchev–Trinajstić information content (AvgIpc) is 2.09. The first-order chi connectivity index (χ1) is 5.77. The van der Waals surface area contributed by atoms with Crippen LogP contribution >= 0.6 is 0 Å². The van der Waals surface area contributed by atoms with Crippen molar-refractivity contribution < 1.29 is 9.84 Å². The van der Waals surface area contributed by atoms with Crippen LogP contribution in [0.25, 0.3) is 0 Å². The molecule has 0 aromatic heterocycles. The third kappa shape index (κ3) is 1.44. The van der Waals surface area contributed by atoms with E-state index in [1.165, 1.54) is 24.5 Å². The van der Waals surface area contributed by atoms with Crippen molar-refractivity contribution in [2.45, 2.75) is 0 Å². The van der Waals surface area contributed by atoms with Gasteiger partial charge in [0.1, 0.15) is 17.6 Å². The first-order valence-corrected chi connectivity index (χ1v) is 3.07. The second kappa shape index (κ2) is 3.27. The van der Waals surface area contributed by atoms with E-state index in [1.54, 1.807) is 6.07 Å². The van der Waals surface area contributed by atoms with Crippen LogP contribution in [0.4, 0.5) is 0 Å². The van der Waals surface area contributed by atoms with Gasteiger partial charge in [0.15, 0.2) is 0 Å². The molecule has 0 amide bonds. The highest BCUT2D eigenvalue weighted by atomic mass is 16.5. The highest BCUT2D eigenvalue weighted by Gasteiger charge is 2.01. The lowest BCUT2D eigenvalue weighted by atomic mass is 10.2. The molecular formula is C8H4N2O2. The highest BCUT2D eigenvalue weighted by molar-refractivity contribution is 5.46. The van der Waals surface area contributed by atoms with E-state index in [4.69, 9.17) is 15.6 Å². The smallest absolute Gasteiger partial charge is 0.292 e. The number of aromatic hydroxyl groups is 1. The van der Waals surface area contributed by atoms with E-state index in [9.17, 15) is 0 Å². The predicted octanol–water partition coefficient (Wildman–Crippen LogP) is 1.12. The standard InChI is InChI=1S/C8H4N2O2/c9-4-6-3-7(12-5-10)1-2-8(6)11/h1-3,11H. The summed E-state index contributed by atoms with van der Waals surface area (Å²) in [5, 5.41) is 25.6. The molecule has 0 fully saturated rings. The lowest BCUT2D eigenvalue weighted by Crippen LogP contribution is -1.83. The average molecular weight is 160 g/mol. The molecule has 0 saturated heterocycles. The third-order valence-corrected chi connectivity index (χ3v) is 1.25. The minimum absolute atomic E-state index is 0.0859. The van der Waals surface area contributed by atoms with Gasteiger partial charge in [0.05, 0.1) is 5.56 Å². The number of nitriles is 2. The van der Waals surface area contributed by atoms with E-state index in [0.29, 0.717) is 0 Å². The molecule has 1 aromatic carbocycles. The van der Waals surface area contributed by atoms with Gasteiger partial charge in [0.25, 0.3) is 6.26 Å². The van der Waals surface area contributed by atoms with Crippen LogP contribution in [0.15, 0.2) is 18.2 Å². The molecule has 0 radical (unpaired) electrons. The Morgan fingerprint density at radius 2 is 2.08 bits per heavy atom. The number of hydrogen-bond donors (Lipinski definition) is 1. The molecule has 0 saturated carbocycles. The van der Waals surface area contributed by atoms with Crippen LogP contribution in [0.2, 0.25) is 0 Å². The van der Waals surface area contributed by atoms with Gasteiger partial charge < -0.3 is 9.84 Å². The normalized spacial score (nSPS) is 8.17. The van der Waals surface area contributed by atoms with Gasteiger partial charge in [-0.15, -0.1) is 5.26 Å². The fourth-order valence-electron chi connectivity index (χ4n) is 0.721. The molecule has 4 nitrogen and oxygen atoms in total. The van der Waals surface area contributed by atoms with Gasteiger partial charge in [0, 0.05) is 6.07 Å². The molecule has 1 N–H and O–H groups in total. The third-order valence-electron chi connectivity index (χ3n) is 1.25. The summed E-state index contributed by atoms with van der Waals surface area (Å²) >= 11 is 0. The zero-order chi connectivity index (χ0) is 8.97. The zero-order valence-corrected chi connectivity index (χ0v) is 5.98. The summed E-state index contributed by atoms with van der Waals surface area (Å²) in [6.45, 7) is 0. The van der Waals surface area contributed by atoms with Crippen LogP contribution in [0, 0.1) is 22.8 Å². The number of nitrogens with zero attached hydrogens (tertiary/aromatic N) is 2. The summed E-state index contributed by atoms with van der Waals surface area (Å²) < 4.78 is 4.45. The number of phenolic OH excluding ortho intramolecular Hbond substituents is 1. The van der Waals surface area contributed by atoms with Gasteiger partial charge >= 0.3 is 0 Å². The lowest BCUT2D eigenvalue weighted by molar-refractivity contribution is 0.468. The van der Waals surface area contributed by atoms with Gasteiger partial charge in [-0.1, -0.05) is 0 Å². The number of hydrogen-bond acceptors (Lipinski definition) is 4. The van der Waals surface area contributed by atoms with E-state index >= 15 is 0 Å². The second-order valence-corrected chi connectivity index (χ2v) is 1.98. The Kier molecular flexibility index (Phi) is 2.15. The van der Waals surface area contributed by atoms with Gasteiger partial charge in [-0.2, -0.15) is 5.26 Å². The summed E-state index contributed by atoms with van der Waals surface area (Å²) in [6, 6.07) is 5.74. The van der Waals surface area contributed by atoms with E-state index < -0.39 is 0 Å². The predicted molar refractivity (Wildman–Crippen MR) is 39.1 cm³/mol. The van der Waals surface area contributed by atoms with Gasteiger partial charge in [-0.05, 0) is 12.1 Å². The number of phenols is 1. The Labute approximate surface area is 68.9 Å². The quantitative estimate of drug-likeness (QED) is 0.624. The van der Waals surface area contributed by atoms with Gasteiger partial charge in [-0.25, -0.2) is 0 Å². The molecule has 0 aliphatic heterocycles. The molecule has 0 unspecified atom stereocenters. The summed E-state index contributed by atoms with van der Waals surface area (Å²) in [4.78, 5) is 0. The Hall–Kier alpha value is -2.20. The molecule has 12 heavy (non-hydrogen) atoms. The van der Waals surface area contributed by atoms with Crippen molar-refractivity contribution in [1.29, 1.82) is 10.5 Å². The zero-order valence-electron chi connectivity index (χ0n) is 5.98. The Morgan fingerprint density at radius 1 is 1.33 bits per heavy atom. The molecule has 0 bridgehead atoms. The van der Waals surface area contributed by atoms with Crippen LogP contribution in [-0.2, 0) is 0 Å². The molecule has 1 aromatic rings. The molecular weight excluding hydrogens is 156 g/mol. The van der Waals surface area contributed by atoms with Crippen molar-refractivity contribution >= 4 is 0 Å². The van der Waals surface area contributed by atoms with E-state index in [0.717, 1.165) is 0 Å². The van der Waals surface area contributed by atoms with Crippen molar-refractivity contribution in [2.24, 2.45) is 0 Å². The Morgan fingerprint density at radius 3 is 2.67 bits per heavy atom. The van der Waals surface area contributed by atoms with E-state index in [1.807, 2.05) is 0 Å². The molecule has 0 aliphatic rings. The van der Waals surface area contributed by atoms with Crippen LogP contribution in [0.3, 0.4) is 0 Å². The van der Waals surface area contributed by atoms with Crippen LogP contribution in [-0.4, -0.2) is 5.11 Å². The van der Waals surface area contributed by atoms with E-state index in [-0.39, 0.29) is 17.1 Å². The maximum absolute atomic E-state index is 9.04. The molecule has 0 aliphatic carbocycles. The molecule has 0 spiro atoms. The first kappa shape index (κ1) is 7.90. The minimum Gasteiger partial charge on any atom is -0.507 e. The monoisotopic (exact) mass is 160 g/mol. The molecule has 1 rings (SSSR count). The van der Waals surface area contributed by atoms with Crippen LogP contribution in [0.1, 0.15) is 5.56 Å². The molecule has 0 atom stereocenters. The maximum Gasteiger partial charge on any atom is 0.292 e. The maximum atomic E-state index is 9.04. The summed E-state index contributed by atoms with van der Waals surface area (Å²) in [5.41, 5.74) is 0.0859. The fraction of sp³-hybridized carbons (Fsp3) is 0. The fourth-order valence-corrected chi connectivity index (χ4v) is 0.721. The molecule has 58 valence electrons. The molecule has 4 heteroatoms. The Bertz CT molecular complexity index is 374. The number of rotatable bonds is 1. The van der Waals surface area contributed by atoms with Crippen LogP contribution < -0.4 is 4.74 Å². The summed E-state index contributed by atoms with van der Waals surface area (Å²) in [5.74, 6) is 0.120. The lowest BCUT2D eigenvalue weighted by Gasteiger charge is -1.97. The number of benzene rings is 1. The van der Waals surface area contributed by atoms with Crippen molar-refractivity contribution in [2.75, 3.05) is 0 Å². The Balaban J connectivity index is 3.09. The largest absolute Gasteiger partial charge is 0.507 e. The van der Waals surface area contributed by atoms with E-state index in [2.05, 4.69) is 4.74 Å². The van der Waals surface area contributed by atoms with Crippen molar-refractivity contribution in [3.05, 3.63) is 23.8 Å². The van der Waals surface area contributed by atoms with Crippen LogP contribution in [0.5, 0.6) is 11.5 Å². The van der Waals surface area contributed by atoms with Crippen molar-refractivity contribution in [3.8, 4) is 23.8 Å². The van der Waals surface area contributed by atoms with Gasteiger partial charge in [0.2, 0.25) is 0 Å². The first-order valence-electron chi connectivity index (χ1n) is 3.07. The highest BCUT2D eigenvalue weighted by Crippen LogP contribution is 2.21.